The number of rotatable bonds is 1. The molecule has 0 aliphatic heterocycles. The Morgan fingerprint density at radius 3 is 2.50 bits per heavy atom. The molecule has 5 heteroatoms. The van der Waals surface area contributed by atoms with Gasteiger partial charge in [-0.2, -0.15) is 0 Å². The molecule has 1 aromatic rings. The Morgan fingerprint density at radius 1 is 1.40 bits per heavy atom. The highest BCUT2D eigenvalue weighted by Gasteiger charge is 2.00. The summed E-state index contributed by atoms with van der Waals surface area (Å²) in [4.78, 5) is 0. The van der Waals surface area contributed by atoms with Crippen molar-refractivity contribution < 1.29 is 0 Å². The smallest absolute Gasteiger partial charge is 0.0980 e. The van der Waals surface area contributed by atoms with E-state index in [-0.39, 0.29) is 0 Å². The summed E-state index contributed by atoms with van der Waals surface area (Å²) in [5.74, 6) is 0. The Labute approximate surface area is 58.4 Å². The fraction of sp³-hybridized carbons (Fsp3) is 0.400. The molecule has 1 heterocycles. The summed E-state index contributed by atoms with van der Waals surface area (Å²) in [6, 6.07) is 1.71. The van der Waals surface area contributed by atoms with Crippen LogP contribution in [0.2, 0.25) is 0 Å². The van der Waals surface area contributed by atoms with Crippen LogP contribution in [0.5, 0.6) is 0 Å². The summed E-state index contributed by atoms with van der Waals surface area (Å²) in [5.41, 5.74) is 12.0. The van der Waals surface area contributed by atoms with Gasteiger partial charge in [-0.25, -0.2) is 0 Å². The molecule has 10 heavy (non-hydrogen) atoms. The van der Waals surface area contributed by atoms with Crippen LogP contribution in [0.4, 0.5) is 0 Å². The second-order valence-electron chi connectivity index (χ2n) is 2.03. The van der Waals surface area contributed by atoms with Crippen LogP contribution in [0, 0.1) is 6.92 Å². The molecule has 1 rings (SSSR count). The highest BCUT2D eigenvalue weighted by Crippen LogP contribution is 1.98. The maximum Gasteiger partial charge on any atom is 0.0980 e. The summed E-state index contributed by atoms with van der Waals surface area (Å²) < 4.78 is 0. The van der Waals surface area contributed by atoms with E-state index in [9.17, 15) is 0 Å². The number of nitrogens with two attached hydrogens (primary N) is 2. The van der Waals surface area contributed by atoms with Crippen molar-refractivity contribution in [3.8, 4) is 0 Å². The van der Waals surface area contributed by atoms with Gasteiger partial charge in [0.15, 0.2) is 0 Å². The van der Waals surface area contributed by atoms with Gasteiger partial charge in [0.05, 0.1) is 17.6 Å². The first-order chi connectivity index (χ1) is 4.70. The van der Waals surface area contributed by atoms with Crippen LogP contribution in [-0.4, -0.2) is 15.4 Å². The van der Waals surface area contributed by atoms with Gasteiger partial charge in [0.1, 0.15) is 0 Å². The summed E-state index contributed by atoms with van der Waals surface area (Å²) in [6.07, 6.45) is -0.561. The van der Waals surface area contributed by atoms with Gasteiger partial charge in [0.2, 0.25) is 0 Å². The molecule has 0 radical (unpaired) electrons. The molecule has 0 spiro atoms. The Morgan fingerprint density at radius 2 is 2.10 bits per heavy atom. The van der Waals surface area contributed by atoms with Gasteiger partial charge >= 0.3 is 0 Å². The second-order valence-corrected chi connectivity index (χ2v) is 2.03. The van der Waals surface area contributed by atoms with E-state index in [0.717, 1.165) is 5.69 Å². The third kappa shape index (κ3) is 1.46. The van der Waals surface area contributed by atoms with Gasteiger partial charge in [0.25, 0.3) is 0 Å². The lowest BCUT2D eigenvalue weighted by molar-refractivity contribution is 0.686. The van der Waals surface area contributed by atoms with Crippen molar-refractivity contribution in [2.75, 3.05) is 0 Å². The molecule has 0 aliphatic rings. The van der Waals surface area contributed by atoms with E-state index >= 15 is 0 Å². The molecular formula is C5H9N5. The van der Waals surface area contributed by atoms with Crippen molar-refractivity contribution in [3.05, 3.63) is 17.5 Å². The van der Waals surface area contributed by atoms with Gasteiger partial charge in [-0.15, -0.1) is 10.2 Å². The summed E-state index contributed by atoms with van der Waals surface area (Å²) in [5, 5.41) is 10.7. The Hall–Kier alpha value is -1.07. The lowest BCUT2D eigenvalue weighted by atomic mass is 10.3. The molecule has 4 N–H and O–H groups in total. The molecule has 0 unspecified atom stereocenters. The second kappa shape index (κ2) is 2.68. The van der Waals surface area contributed by atoms with Crippen LogP contribution in [0.15, 0.2) is 6.07 Å². The molecule has 1 aromatic heterocycles. The van der Waals surface area contributed by atoms with Crippen LogP contribution < -0.4 is 11.5 Å². The van der Waals surface area contributed by atoms with Crippen molar-refractivity contribution >= 4 is 0 Å². The Kier molecular flexibility index (Phi) is 1.88. The van der Waals surface area contributed by atoms with Crippen LogP contribution in [-0.2, 0) is 0 Å². The number of aryl methyl sites for hydroxylation is 1. The number of nitrogens with zero attached hydrogens (tertiary/aromatic N) is 3. The first kappa shape index (κ1) is 7.04. The first-order valence-corrected chi connectivity index (χ1v) is 2.88. The zero-order valence-electron chi connectivity index (χ0n) is 5.65. The topological polar surface area (TPSA) is 90.7 Å². The van der Waals surface area contributed by atoms with E-state index < -0.39 is 6.17 Å². The van der Waals surface area contributed by atoms with Gasteiger partial charge < -0.3 is 11.5 Å². The highest BCUT2D eigenvalue weighted by molar-refractivity contribution is 5.06. The lowest BCUT2D eigenvalue weighted by Crippen LogP contribution is -2.22. The predicted molar refractivity (Wildman–Crippen MR) is 35.7 cm³/mol. The van der Waals surface area contributed by atoms with Gasteiger partial charge in [-0.3, -0.25) is 0 Å². The summed E-state index contributed by atoms with van der Waals surface area (Å²) in [6.45, 7) is 1.81. The minimum Gasteiger partial charge on any atom is -0.311 e. The van der Waals surface area contributed by atoms with E-state index in [1.54, 1.807) is 13.0 Å². The van der Waals surface area contributed by atoms with E-state index in [2.05, 4.69) is 15.4 Å². The molecule has 0 atom stereocenters. The van der Waals surface area contributed by atoms with Crippen molar-refractivity contribution in [2.45, 2.75) is 13.1 Å². The van der Waals surface area contributed by atoms with Crippen molar-refractivity contribution in [2.24, 2.45) is 11.5 Å². The minimum absolute atomic E-state index is 0.561. The Bertz CT molecular complexity index is 221. The molecule has 54 valence electrons. The van der Waals surface area contributed by atoms with E-state index in [1.165, 1.54) is 0 Å². The molecular weight excluding hydrogens is 130 g/mol. The molecule has 0 aliphatic carbocycles. The molecule has 0 bridgehead atoms. The largest absolute Gasteiger partial charge is 0.311 e. The molecule has 0 saturated carbocycles. The van der Waals surface area contributed by atoms with Gasteiger partial charge in [0, 0.05) is 0 Å². The molecule has 0 saturated heterocycles. The fourth-order valence-electron chi connectivity index (χ4n) is 0.579. The third-order valence-electron chi connectivity index (χ3n) is 1.06. The monoisotopic (exact) mass is 139 g/mol. The minimum atomic E-state index is -0.561. The van der Waals surface area contributed by atoms with Crippen molar-refractivity contribution in [3.63, 3.8) is 0 Å². The van der Waals surface area contributed by atoms with Gasteiger partial charge in [-0.1, -0.05) is 0 Å². The molecule has 0 fully saturated rings. The first-order valence-electron chi connectivity index (χ1n) is 2.88. The van der Waals surface area contributed by atoms with Crippen LogP contribution in [0.25, 0.3) is 0 Å². The van der Waals surface area contributed by atoms with Crippen LogP contribution in [0.1, 0.15) is 17.6 Å². The van der Waals surface area contributed by atoms with Crippen LogP contribution in [0.3, 0.4) is 0 Å². The molecule has 5 nitrogen and oxygen atoms in total. The van der Waals surface area contributed by atoms with Crippen LogP contribution >= 0.6 is 0 Å². The Balaban J connectivity index is 2.96. The third-order valence-corrected chi connectivity index (χ3v) is 1.06. The zero-order valence-corrected chi connectivity index (χ0v) is 5.65. The van der Waals surface area contributed by atoms with E-state index in [4.69, 9.17) is 11.5 Å². The SMILES string of the molecule is Cc1cc(C(N)N)nnn1. The quantitative estimate of drug-likeness (QED) is 0.492. The molecule has 0 amide bonds. The summed E-state index contributed by atoms with van der Waals surface area (Å²) in [7, 11) is 0. The number of hydrogen-bond acceptors (Lipinski definition) is 5. The standard InChI is InChI=1S/C5H9N5/c1-3-2-4(5(6)7)9-10-8-3/h2,5H,6-7H2,1H3. The fourth-order valence-corrected chi connectivity index (χ4v) is 0.579. The van der Waals surface area contributed by atoms with Gasteiger partial charge in [-0.05, 0) is 18.2 Å². The maximum absolute atomic E-state index is 5.33. The summed E-state index contributed by atoms with van der Waals surface area (Å²) >= 11 is 0. The molecule has 0 aromatic carbocycles. The highest BCUT2D eigenvalue weighted by atomic mass is 15.3. The average molecular weight is 139 g/mol. The zero-order chi connectivity index (χ0) is 7.56. The average Bonchev–Trinajstić information content (AvgIpc) is 1.88. The predicted octanol–water partition coefficient (Wildman–Crippen LogP) is -0.904. The normalized spacial score (nSPS) is 10.4. The van der Waals surface area contributed by atoms with Crippen molar-refractivity contribution in [1.29, 1.82) is 0 Å². The van der Waals surface area contributed by atoms with E-state index in [1.807, 2.05) is 0 Å². The number of hydrogen-bond donors (Lipinski definition) is 2. The maximum atomic E-state index is 5.33. The van der Waals surface area contributed by atoms with Crippen molar-refractivity contribution in [1.82, 2.24) is 15.4 Å². The number of aromatic nitrogens is 3. The van der Waals surface area contributed by atoms with E-state index in [0.29, 0.717) is 5.69 Å². The lowest BCUT2D eigenvalue weighted by Gasteiger charge is -2.01.